The smallest absolute Gasteiger partial charge is 0.244 e. The first-order valence-corrected chi connectivity index (χ1v) is 14.1. The molecule has 192 valence electrons. The summed E-state index contributed by atoms with van der Waals surface area (Å²) in [6.45, 7) is 7.24. The van der Waals surface area contributed by atoms with E-state index in [0.717, 1.165) is 28.1 Å². The van der Waals surface area contributed by atoms with E-state index in [1.165, 1.54) is 17.0 Å². The van der Waals surface area contributed by atoms with Gasteiger partial charge in [-0.15, -0.1) is 0 Å². The number of carbonyl (C=O) groups is 2. The largest absolute Gasteiger partial charge is 0.352 e. The van der Waals surface area contributed by atoms with E-state index >= 15 is 0 Å². The van der Waals surface area contributed by atoms with E-state index in [4.69, 9.17) is 23.2 Å². The van der Waals surface area contributed by atoms with E-state index in [-0.39, 0.29) is 34.2 Å². The van der Waals surface area contributed by atoms with Crippen LogP contribution in [0.3, 0.4) is 0 Å². The molecule has 0 spiro atoms. The standard InChI is InChI=1S/C25H33Cl2N3O4S/c1-6-18(4)28-25(32)21(7-2)29(15-19-13-11-17(3)12-14-19)23(31)16-30(35(5,33)34)22-10-8-9-20(26)24(22)27/h8-14,18,21H,6-7,15-16H2,1-5H3,(H,28,32)/t18-,21+/m1/s1. The molecular formula is C25H33Cl2N3O4S. The highest BCUT2D eigenvalue weighted by Crippen LogP contribution is 2.33. The predicted molar refractivity (Wildman–Crippen MR) is 142 cm³/mol. The van der Waals surface area contributed by atoms with Gasteiger partial charge in [-0.2, -0.15) is 0 Å². The summed E-state index contributed by atoms with van der Waals surface area (Å²) in [5.41, 5.74) is 1.99. The van der Waals surface area contributed by atoms with Crippen molar-refractivity contribution in [3.8, 4) is 0 Å². The van der Waals surface area contributed by atoms with Gasteiger partial charge in [0.2, 0.25) is 21.8 Å². The Morgan fingerprint density at radius 2 is 1.66 bits per heavy atom. The third kappa shape index (κ3) is 7.85. The molecule has 0 radical (unpaired) electrons. The number of benzene rings is 2. The molecule has 2 atom stereocenters. The number of sulfonamides is 1. The molecule has 2 rings (SSSR count). The second-order valence-electron chi connectivity index (χ2n) is 8.59. The SMILES string of the molecule is CC[C@@H](C)NC(=O)[C@H](CC)N(Cc1ccc(C)cc1)C(=O)CN(c1cccc(Cl)c1Cl)S(C)(=O)=O. The van der Waals surface area contributed by atoms with Crippen LogP contribution in [0.5, 0.6) is 0 Å². The fourth-order valence-electron chi connectivity index (χ4n) is 3.53. The van der Waals surface area contributed by atoms with E-state index in [1.807, 2.05) is 52.0 Å². The number of rotatable bonds is 11. The third-order valence-electron chi connectivity index (χ3n) is 5.74. The summed E-state index contributed by atoms with van der Waals surface area (Å²) in [6, 6.07) is 11.4. The fraction of sp³-hybridized carbons (Fsp3) is 0.440. The molecular weight excluding hydrogens is 509 g/mol. The Bertz CT molecular complexity index is 1140. The molecule has 7 nitrogen and oxygen atoms in total. The lowest BCUT2D eigenvalue weighted by Crippen LogP contribution is -2.53. The minimum atomic E-state index is -3.90. The van der Waals surface area contributed by atoms with Crippen molar-refractivity contribution in [2.45, 2.75) is 59.2 Å². The Hall–Kier alpha value is -2.29. The number of halogens is 2. The van der Waals surface area contributed by atoms with E-state index < -0.39 is 28.5 Å². The maximum atomic E-state index is 13.7. The summed E-state index contributed by atoms with van der Waals surface area (Å²) >= 11 is 12.4. The number of aryl methyl sites for hydroxylation is 1. The Morgan fingerprint density at radius 1 is 1.03 bits per heavy atom. The van der Waals surface area contributed by atoms with Gasteiger partial charge in [0.1, 0.15) is 12.6 Å². The quantitative estimate of drug-likeness (QED) is 0.443. The van der Waals surface area contributed by atoms with Crippen molar-refractivity contribution < 1.29 is 18.0 Å². The minimum absolute atomic E-state index is 0.0269. The molecule has 0 unspecified atom stereocenters. The molecule has 2 aromatic rings. The summed E-state index contributed by atoms with van der Waals surface area (Å²) in [4.78, 5) is 28.2. The first-order chi connectivity index (χ1) is 16.4. The Balaban J connectivity index is 2.47. The molecule has 2 aromatic carbocycles. The summed E-state index contributed by atoms with van der Waals surface area (Å²) in [5, 5.41) is 3.13. The lowest BCUT2D eigenvalue weighted by Gasteiger charge is -2.33. The topological polar surface area (TPSA) is 86.8 Å². The van der Waals surface area contributed by atoms with Crippen molar-refractivity contribution in [3.63, 3.8) is 0 Å². The molecule has 0 bridgehead atoms. The third-order valence-corrected chi connectivity index (χ3v) is 7.67. The molecule has 0 aliphatic rings. The van der Waals surface area contributed by atoms with Crippen LogP contribution in [0.1, 0.15) is 44.7 Å². The van der Waals surface area contributed by atoms with Gasteiger partial charge in [-0.25, -0.2) is 8.42 Å². The Labute approximate surface area is 218 Å². The maximum absolute atomic E-state index is 13.7. The van der Waals surface area contributed by atoms with Crippen LogP contribution < -0.4 is 9.62 Å². The van der Waals surface area contributed by atoms with Crippen molar-refractivity contribution in [2.75, 3.05) is 17.1 Å². The van der Waals surface area contributed by atoms with Gasteiger partial charge in [-0.05, 0) is 44.4 Å². The molecule has 0 fully saturated rings. The lowest BCUT2D eigenvalue weighted by molar-refractivity contribution is -0.140. The van der Waals surface area contributed by atoms with Crippen molar-refractivity contribution in [1.29, 1.82) is 0 Å². The van der Waals surface area contributed by atoms with Crippen LogP contribution in [0.15, 0.2) is 42.5 Å². The summed E-state index contributed by atoms with van der Waals surface area (Å²) in [7, 11) is -3.90. The molecule has 0 heterocycles. The van der Waals surface area contributed by atoms with Crippen molar-refractivity contribution in [2.24, 2.45) is 0 Å². The molecule has 0 aliphatic carbocycles. The summed E-state index contributed by atoms with van der Waals surface area (Å²) in [6.07, 6.45) is 2.09. The van der Waals surface area contributed by atoms with E-state index in [2.05, 4.69) is 5.32 Å². The van der Waals surface area contributed by atoms with Crippen LogP contribution in [0, 0.1) is 6.92 Å². The molecule has 0 aliphatic heterocycles. The van der Waals surface area contributed by atoms with Gasteiger partial charge in [0.05, 0.1) is 22.0 Å². The van der Waals surface area contributed by atoms with Crippen molar-refractivity contribution in [3.05, 3.63) is 63.6 Å². The number of amides is 2. The Kier molecular flexibility index (Phi) is 10.4. The average molecular weight is 543 g/mol. The van der Waals surface area contributed by atoms with Crippen LogP contribution in [-0.2, 0) is 26.2 Å². The van der Waals surface area contributed by atoms with Gasteiger partial charge < -0.3 is 10.2 Å². The normalized spacial score (nSPS) is 13.1. The van der Waals surface area contributed by atoms with Crippen LogP contribution in [0.2, 0.25) is 10.0 Å². The van der Waals surface area contributed by atoms with Crippen molar-refractivity contribution in [1.82, 2.24) is 10.2 Å². The number of nitrogens with one attached hydrogen (secondary N) is 1. The van der Waals surface area contributed by atoms with Crippen LogP contribution in [0.4, 0.5) is 5.69 Å². The van der Waals surface area contributed by atoms with Gasteiger partial charge in [-0.3, -0.25) is 13.9 Å². The minimum Gasteiger partial charge on any atom is -0.352 e. The van der Waals surface area contributed by atoms with E-state index in [1.54, 1.807) is 6.07 Å². The zero-order valence-corrected chi connectivity index (χ0v) is 23.0. The number of hydrogen-bond acceptors (Lipinski definition) is 4. The highest BCUT2D eigenvalue weighted by molar-refractivity contribution is 7.92. The number of hydrogen-bond donors (Lipinski definition) is 1. The molecule has 1 N–H and O–H groups in total. The van der Waals surface area contributed by atoms with E-state index in [9.17, 15) is 18.0 Å². The molecule has 0 saturated heterocycles. The zero-order valence-electron chi connectivity index (χ0n) is 20.7. The highest BCUT2D eigenvalue weighted by atomic mass is 35.5. The van der Waals surface area contributed by atoms with Crippen LogP contribution >= 0.6 is 23.2 Å². The monoisotopic (exact) mass is 541 g/mol. The van der Waals surface area contributed by atoms with Gasteiger partial charge in [0.25, 0.3) is 0 Å². The van der Waals surface area contributed by atoms with Gasteiger partial charge in [-0.1, -0.05) is 72.9 Å². The number of anilines is 1. The Morgan fingerprint density at radius 3 is 2.20 bits per heavy atom. The van der Waals surface area contributed by atoms with Crippen LogP contribution in [-0.4, -0.2) is 50.0 Å². The molecule has 0 aromatic heterocycles. The number of nitrogens with zero attached hydrogens (tertiary/aromatic N) is 2. The van der Waals surface area contributed by atoms with Gasteiger partial charge >= 0.3 is 0 Å². The number of carbonyl (C=O) groups excluding carboxylic acids is 2. The van der Waals surface area contributed by atoms with Crippen molar-refractivity contribution >= 4 is 50.7 Å². The highest BCUT2D eigenvalue weighted by Gasteiger charge is 2.32. The second-order valence-corrected chi connectivity index (χ2v) is 11.3. The fourth-order valence-corrected chi connectivity index (χ4v) is 4.83. The molecule has 35 heavy (non-hydrogen) atoms. The van der Waals surface area contributed by atoms with Gasteiger partial charge in [0.15, 0.2) is 0 Å². The molecule has 0 saturated carbocycles. The first-order valence-electron chi connectivity index (χ1n) is 11.5. The second kappa shape index (κ2) is 12.6. The zero-order chi connectivity index (χ0) is 26.3. The lowest BCUT2D eigenvalue weighted by atomic mass is 10.1. The molecule has 10 heteroatoms. The van der Waals surface area contributed by atoms with E-state index in [0.29, 0.717) is 6.42 Å². The molecule has 2 amide bonds. The van der Waals surface area contributed by atoms with Crippen LogP contribution in [0.25, 0.3) is 0 Å². The predicted octanol–water partition coefficient (Wildman–Crippen LogP) is 4.79. The maximum Gasteiger partial charge on any atom is 0.244 e. The summed E-state index contributed by atoms with van der Waals surface area (Å²) < 4.78 is 26.3. The first kappa shape index (κ1) is 28.9. The van der Waals surface area contributed by atoms with Gasteiger partial charge in [0, 0.05) is 12.6 Å². The average Bonchev–Trinajstić information content (AvgIpc) is 2.79. The summed E-state index contributed by atoms with van der Waals surface area (Å²) in [5.74, 6) is -0.813.